The second-order valence-corrected chi connectivity index (χ2v) is 8.56. The quantitative estimate of drug-likeness (QED) is 0.736. The highest BCUT2D eigenvalue weighted by molar-refractivity contribution is 5.89. The molecule has 2 amide bonds. The second-order valence-electron chi connectivity index (χ2n) is 8.56. The number of aliphatic hydroxyl groups excluding tert-OH is 1. The van der Waals surface area contributed by atoms with Crippen LogP contribution in [0.15, 0.2) is 54.6 Å². The van der Waals surface area contributed by atoms with E-state index in [1.165, 1.54) is 6.07 Å². The Hall–Kier alpha value is -2.73. The highest BCUT2D eigenvalue weighted by Gasteiger charge is 2.52. The van der Waals surface area contributed by atoms with Gasteiger partial charge in [0.1, 0.15) is 5.82 Å². The van der Waals surface area contributed by atoms with E-state index in [0.29, 0.717) is 50.9 Å². The van der Waals surface area contributed by atoms with Gasteiger partial charge in [0.05, 0.1) is 11.5 Å². The molecule has 158 valence electrons. The van der Waals surface area contributed by atoms with Crippen LogP contribution in [0.4, 0.5) is 4.39 Å². The molecular weight excluding hydrogens is 383 g/mol. The third kappa shape index (κ3) is 4.24. The molecule has 30 heavy (non-hydrogen) atoms. The lowest BCUT2D eigenvalue weighted by atomic mass is 9.72. The van der Waals surface area contributed by atoms with Crippen LogP contribution < -0.4 is 5.32 Å². The van der Waals surface area contributed by atoms with Crippen molar-refractivity contribution < 1.29 is 19.1 Å². The molecule has 2 N–H and O–H groups in total. The molecule has 6 heteroatoms. The van der Waals surface area contributed by atoms with Crippen molar-refractivity contribution in [1.29, 1.82) is 0 Å². The van der Waals surface area contributed by atoms with Crippen molar-refractivity contribution in [2.45, 2.75) is 31.8 Å². The van der Waals surface area contributed by atoms with Crippen LogP contribution in [0.5, 0.6) is 0 Å². The molecule has 1 aliphatic heterocycles. The zero-order valence-electron chi connectivity index (χ0n) is 16.9. The molecule has 4 rings (SSSR count). The molecule has 0 spiro atoms. The van der Waals surface area contributed by atoms with Gasteiger partial charge in [-0.25, -0.2) is 4.39 Å². The average Bonchev–Trinajstić information content (AvgIpc) is 2.69. The Balaban J connectivity index is 1.39. The molecule has 0 atom stereocenters. The molecular formula is C24H27FN2O3. The van der Waals surface area contributed by atoms with Crippen molar-refractivity contribution in [1.82, 2.24) is 10.2 Å². The first-order valence-corrected chi connectivity index (χ1v) is 10.5. The van der Waals surface area contributed by atoms with Crippen LogP contribution in [0.25, 0.3) is 0 Å². The van der Waals surface area contributed by atoms with Gasteiger partial charge >= 0.3 is 0 Å². The van der Waals surface area contributed by atoms with E-state index in [1.807, 2.05) is 30.3 Å². The van der Waals surface area contributed by atoms with Crippen LogP contribution in [0.1, 0.15) is 24.0 Å². The van der Waals surface area contributed by atoms with Gasteiger partial charge in [-0.15, -0.1) is 0 Å². The van der Waals surface area contributed by atoms with Crippen molar-refractivity contribution >= 4 is 11.8 Å². The van der Waals surface area contributed by atoms with E-state index in [4.69, 9.17) is 0 Å². The van der Waals surface area contributed by atoms with Crippen molar-refractivity contribution in [2.75, 3.05) is 19.6 Å². The zero-order chi connectivity index (χ0) is 21.1. The average molecular weight is 410 g/mol. The molecule has 5 nitrogen and oxygen atoms in total. The van der Waals surface area contributed by atoms with Crippen LogP contribution in [0.3, 0.4) is 0 Å². The molecule has 1 aliphatic carbocycles. The normalized spacial score (nSPS) is 22.0. The maximum absolute atomic E-state index is 13.8. The molecule has 0 aromatic heterocycles. The minimum absolute atomic E-state index is 0.0307. The lowest BCUT2D eigenvalue weighted by Crippen LogP contribution is -2.67. The number of benzene rings is 2. The fraction of sp³-hybridized carbons (Fsp3) is 0.417. The SMILES string of the molecule is O=C(C1CC(O)C1)N1CC(Cc2ccccc2)(C(=O)NCCc2ccccc2F)C1. The number of amides is 2. The van der Waals surface area contributed by atoms with Gasteiger partial charge in [-0.2, -0.15) is 0 Å². The number of hydrogen-bond acceptors (Lipinski definition) is 3. The first-order chi connectivity index (χ1) is 14.5. The van der Waals surface area contributed by atoms with Crippen molar-refractivity contribution in [3.8, 4) is 0 Å². The Morgan fingerprint density at radius 1 is 1.07 bits per heavy atom. The first-order valence-electron chi connectivity index (χ1n) is 10.5. The van der Waals surface area contributed by atoms with Crippen LogP contribution in [-0.2, 0) is 22.4 Å². The molecule has 2 fully saturated rings. The summed E-state index contributed by atoms with van der Waals surface area (Å²) in [6.07, 6.45) is 1.61. The predicted octanol–water partition coefficient (Wildman–Crippen LogP) is 2.33. The summed E-state index contributed by atoms with van der Waals surface area (Å²) in [6.45, 7) is 1.09. The molecule has 2 aliphatic rings. The van der Waals surface area contributed by atoms with E-state index < -0.39 is 5.41 Å². The lowest BCUT2D eigenvalue weighted by Gasteiger charge is -2.51. The van der Waals surface area contributed by atoms with E-state index in [2.05, 4.69) is 5.32 Å². The maximum Gasteiger partial charge on any atom is 0.230 e. The standard InChI is InChI=1S/C24H27FN2O3/c25-21-9-5-4-8-18(21)10-11-26-23(30)24(14-17-6-2-1-3-7-17)15-27(16-24)22(29)19-12-20(28)13-19/h1-9,19-20,28H,10-16H2,(H,26,30). The Morgan fingerprint density at radius 3 is 2.40 bits per heavy atom. The highest BCUT2D eigenvalue weighted by atomic mass is 19.1. The van der Waals surface area contributed by atoms with Gasteiger partial charge in [-0.1, -0.05) is 48.5 Å². The fourth-order valence-electron chi connectivity index (χ4n) is 4.41. The van der Waals surface area contributed by atoms with Gasteiger partial charge in [0.25, 0.3) is 0 Å². The topological polar surface area (TPSA) is 69.6 Å². The van der Waals surface area contributed by atoms with Crippen LogP contribution >= 0.6 is 0 Å². The molecule has 1 saturated heterocycles. The van der Waals surface area contributed by atoms with E-state index in [0.717, 1.165) is 5.56 Å². The molecule has 1 heterocycles. The molecule has 0 radical (unpaired) electrons. The predicted molar refractivity (Wildman–Crippen MR) is 111 cm³/mol. The summed E-state index contributed by atoms with van der Waals surface area (Å²) in [5.41, 5.74) is 0.950. The van der Waals surface area contributed by atoms with Crippen LogP contribution in [-0.4, -0.2) is 47.6 Å². The number of nitrogens with zero attached hydrogens (tertiary/aromatic N) is 1. The van der Waals surface area contributed by atoms with E-state index in [9.17, 15) is 19.1 Å². The molecule has 1 saturated carbocycles. The molecule has 0 unspecified atom stereocenters. The third-order valence-electron chi connectivity index (χ3n) is 6.27. The largest absolute Gasteiger partial charge is 0.393 e. The Kier molecular flexibility index (Phi) is 5.86. The van der Waals surface area contributed by atoms with Gasteiger partial charge < -0.3 is 15.3 Å². The molecule has 2 aromatic carbocycles. The highest BCUT2D eigenvalue weighted by Crippen LogP contribution is 2.38. The maximum atomic E-state index is 13.8. The fourth-order valence-corrected chi connectivity index (χ4v) is 4.41. The minimum Gasteiger partial charge on any atom is -0.393 e. The summed E-state index contributed by atoms with van der Waals surface area (Å²) in [4.78, 5) is 27.4. The van der Waals surface area contributed by atoms with E-state index in [-0.39, 0.29) is 29.7 Å². The number of nitrogens with one attached hydrogen (secondary N) is 1. The molecule has 2 aromatic rings. The van der Waals surface area contributed by atoms with E-state index >= 15 is 0 Å². The number of rotatable bonds is 7. The summed E-state index contributed by atoms with van der Waals surface area (Å²) in [6, 6.07) is 16.4. The Bertz CT molecular complexity index is 906. The number of likely N-dealkylation sites (tertiary alicyclic amines) is 1. The van der Waals surface area contributed by atoms with E-state index in [1.54, 1.807) is 23.1 Å². The summed E-state index contributed by atoms with van der Waals surface area (Å²) >= 11 is 0. The Morgan fingerprint density at radius 2 is 1.73 bits per heavy atom. The summed E-state index contributed by atoms with van der Waals surface area (Å²) < 4.78 is 13.8. The van der Waals surface area contributed by atoms with Crippen LogP contribution in [0, 0.1) is 17.2 Å². The van der Waals surface area contributed by atoms with Gasteiger partial charge in [0.15, 0.2) is 0 Å². The van der Waals surface area contributed by atoms with Gasteiger partial charge in [-0.05, 0) is 42.9 Å². The third-order valence-corrected chi connectivity index (χ3v) is 6.27. The van der Waals surface area contributed by atoms with Crippen molar-refractivity contribution in [3.63, 3.8) is 0 Å². The van der Waals surface area contributed by atoms with Gasteiger partial charge in [-0.3, -0.25) is 9.59 Å². The van der Waals surface area contributed by atoms with Crippen LogP contribution in [0.2, 0.25) is 0 Å². The summed E-state index contributed by atoms with van der Waals surface area (Å²) in [5, 5.41) is 12.4. The monoisotopic (exact) mass is 410 g/mol. The minimum atomic E-state index is -0.672. The number of carbonyl (C=O) groups excluding carboxylic acids is 2. The van der Waals surface area contributed by atoms with Gasteiger partial charge in [0.2, 0.25) is 11.8 Å². The number of hydrogen-bond donors (Lipinski definition) is 2. The van der Waals surface area contributed by atoms with Crippen molar-refractivity contribution in [2.24, 2.45) is 11.3 Å². The number of aliphatic hydroxyl groups is 1. The summed E-state index contributed by atoms with van der Waals surface area (Å²) in [7, 11) is 0. The molecule has 0 bridgehead atoms. The Labute approximate surface area is 175 Å². The smallest absolute Gasteiger partial charge is 0.230 e. The lowest BCUT2D eigenvalue weighted by molar-refractivity contribution is -0.161. The van der Waals surface area contributed by atoms with Crippen molar-refractivity contribution in [3.05, 3.63) is 71.5 Å². The summed E-state index contributed by atoms with van der Waals surface area (Å²) in [5.74, 6) is -0.462. The first kappa shape index (κ1) is 20.5. The van der Waals surface area contributed by atoms with Gasteiger partial charge in [0, 0.05) is 25.6 Å². The number of carbonyl (C=O) groups is 2. The number of halogens is 1. The second kappa shape index (κ2) is 8.56. The zero-order valence-corrected chi connectivity index (χ0v) is 16.9.